The molecule has 0 N–H and O–H groups in total. The molecule has 4 nitrogen and oxygen atoms in total. The fraction of sp³-hybridized carbons (Fsp3) is 0.294. The Hall–Kier alpha value is -1.71. The second-order valence-corrected chi connectivity index (χ2v) is 6.46. The Balaban J connectivity index is 2.25. The number of carbonyl (C=O) groups excluding carboxylic acids is 1. The molecule has 6 heteroatoms. The van der Waals surface area contributed by atoms with Gasteiger partial charge in [-0.25, -0.2) is 0 Å². The molecule has 120 valence electrons. The van der Waals surface area contributed by atoms with Crippen LogP contribution >= 0.6 is 27.7 Å². The van der Waals surface area contributed by atoms with Crippen LogP contribution in [0.1, 0.15) is 19.4 Å². The number of nitrogens with zero attached hydrogens (tertiary/aromatic N) is 2. The normalized spacial score (nSPS) is 17.8. The number of hydrogen-bond donors (Lipinski definition) is 0. The quantitative estimate of drug-likeness (QED) is 0.565. The van der Waals surface area contributed by atoms with Crippen molar-refractivity contribution in [2.45, 2.75) is 13.8 Å². The minimum atomic E-state index is -0.00604. The van der Waals surface area contributed by atoms with E-state index >= 15 is 0 Å². The lowest BCUT2D eigenvalue weighted by Crippen LogP contribution is -2.28. The van der Waals surface area contributed by atoms with Crippen LogP contribution < -0.4 is 4.74 Å². The lowest BCUT2D eigenvalue weighted by molar-refractivity contribution is -0.122. The van der Waals surface area contributed by atoms with Crippen molar-refractivity contribution >= 4 is 44.8 Å². The van der Waals surface area contributed by atoms with Crippen molar-refractivity contribution in [3.8, 4) is 18.1 Å². The van der Waals surface area contributed by atoms with Gasteiger partial charge in [0.1, 0.15) is 12.4 Å². The first-order valence-corrected chi connectivity index (χ1v) is 8.83. The SMILES string of the molecule is C#CCOc1ccc(/C=C2/SC(=NCC)N(CC)C2=O)cc1Br. The number of benzene rings is 1. The molecule has 1 fully saturated rings. The van der Waals surface area contributed by atoms with Crippen molar-refractivity contribution in [3.63, 3.8) is 0 Å². The Kier molecular flexibility index (Phi) is 6.31. The summed E-state index contributed by atoms with van der Waals surface area (Å²) >= 11 is 4.86. The Morgan fingerprint density at radius 2 is 2.26 bits per heavy atom. The fourth-order valence-corrected chi connectivity index (χ4v) is 3.65. The molecule has 0 bridgehead atoms. The van der Waals surface area contributed by atoms with Gasteiger partial charge in [0.2, 0.25) is 0 Å². The Morgan fingerprint density at radius 1 is 1.48 bits per heavy atom. The van der Waals surface area contributed by atoms with Crippen molar-refractivity contribution in [3.05, 3.63) is 33.1 Å². The van der Waals surface area contributed by atoms with E-state index in [2.05, 4.69) is 26.8 Å². The maximum Gasteiger partial charge on any atom is 0.266 e. The van der Waals surface area contributed by atoms with Gasteiger partial charge in [0, 0.05) is 13.1 Å². The molecule has 1 aliphatic heterocycles. The summed E-state index contributed by atoms with van der Waals surface area (Å²) in [6, 6.07) is 5.62. The molecule has 0 aliphatic carbocycles. The zero-order valence-electron chi connectivity index (χ0n) is 13.0. The minimum Gasteiger partial charge on any atom is -0.480 e. The molecule has 1 aromatic carbocycles. The third kappa shape index (κ3) is 4.18. The Labute approximate surface area is 149 Å². The Morgan fingerprint density at radius 3 is 2.87 bits per heavy atom. The smallest absolute Gasteiger partial charge is 0.266 e. The lowest BCUT2D eigenvalue weighted by Gasteiger charge is -2.11. The molecule has 0 saturated carbocycles. The van der Waals surface area contributed by atoms with E-state index in [0.29, 0.717) is 23.7 Å². The minimum absolute atomic E-state index is 0.00604. The molecule has 1 heterocycles. The summed E-state index contributed by atoms with van der Waals surface area (Å²) in [5, 5.41) is 0.763. The molecule has 0 unspecified atom stereocenters. The van der Waals surface area contributed by atoms with E-state index in [0.717, 1.165) is 15.2 Å². The van der Waals surface area contributed by atoms with E-state index in [1.807, 2.05) is 38.1 Å². The summed E-state index contributed by atoms with van der Waals surface area (Å²) in [4.78, 5) is 19.2. The third-order valence-corrected chi connectivity index (χ3v) is 4.73. The molecule has 0 radical (unpaired) electrons. The van der Waals surface area contributed by atoms with Crippen LogP contribution in [0.5, 0.6) is 5.75 Å². The van der Waals surface area contributed by atoms with E-state index in [9.17, 15) is 4.79 Å². The second-order valence-electron chi connectivity index (χ2n) is 4.60. The average molecular weight is 393 g/mol. The van der Waals surface area contributed by atoms with Crippen LogP contribution in [0.2, 0.25) is 0 Å². The second kappa shape index (κ2) is 8.23. The van der Waals surface area contributed by atoms with E-state index < -0.39 is 0 Å². The molecule has 0 aromatic heterocycles. The molecule has 0 spiro atoms. The molecule has 1 aromatic rings. The summed E-state index contributed by atoms with van der Waals surface area (Å²) in [7, 11) is 0. The van der Waals surface area contributed by atoms with Gasteiger partial charge in [-0.2, -0.15) is 0 Å². The standard InChI is InChI=1S/C17H17BrN2O2S/c1-4-9-22-14-8-7-12(10-13(14)18)11-15-16(21)20(6-3)17(23-15)19-5-2/h1,7-8,10-11H,5-6,9H2,2-3H3/b15-11+,19-17?. The maximum absolute atomic E-state index is 12.4. The molecular formula is C17H17BrN2O2S. The number of thioether (sulfide) groups is 1. The number of amidine groups is 1. The van der Waals surface area contributed by atoms with Crippen LogP contribution in [0.15, 0.2) is 32.6 Å². The highest BCUT2D eigenvalue weighted by atomic mass is 79.9. The predicted molar refractivity (Wildman–Crippen MR) is 99.4 cm³/mol. The van der Waals surface area contributed by atoms with Crippen molar-refractivity contribution in [1.29, 1.82) is 0 Å². The zero-order valence-corrected chi connectivity index (χ0v) is 15.4. The van der Waals surface area contributed by atoms with Crippen molar-refractivity contribution < 1.29 is 9.53 Å². The first-order valence-electron chi connectivity index (χ1n) is 7.22. The number of amides is 1. The van der Waals surface area contributed by atoms with Crippen molar-refractivity contribution in [2.75, 3.05) is 19.7 Å². The van der Waals surface area contributed by atoms with E-state index in [-0.39, 0.29) is 12.5 Å². The average Bonchev–Trinajstić information content (AvgIpc) is 2.82. The van der Waals surface area contributed by atoms with Crippen LogP contribution in [0, 0.1) is 12.3 Å². The number of terminal acetylenes is 1. The topological polar surface area (TPSA) is 41.9 Å². The van der Waals surface area contributed by atoms with Crippen LogP contribution in [0.25, 0.3) is 6.08 Å². The molecular weight excluding hydrogens is 376 g/mol. The lowest BCUT2D eigenvalue weighted by atomic mass is 10.2. The van der Waals surface area contributed by atoms with E-state index in [4.69, 9.17) is 11.2 Å². The zero-order chi connectivity index (χ0) is 16.8. The van der Waals surface area contributed by atoms with Gasteiger partial charge in [0.15, 0.2) is 5.17 Å². The number of hydrogen-bond acceptors (Lipinski definition) is 4. The number of carbonyl (C=O) groups is 1. The Bertz CT molecular complexity index is 707. The highest BCUT2D eigenvalue weighted by Gasteiger charge is 2.31. The predicted octanol–water partition coefficient (Wildman–Crippen LogP) is 3.77. The first-order chi connectivity index (χ1) is 11.1. The first kappa shape index (κ1) is 17.6. The van der Waals surface area contributed by atoms with Crippen molar-refractivity contribution in [1.82, 2.24) is 4.90 Å². The highest BCUT2D eigenvalue weighted by Crippen LogP contribution is 2.33. The van der Waals surface area contributed by atoms with Gasteiger partial charge in [-0.05, 0) is 65.3 Å². The third-order valence-electron chi connectivity index (χ3n) is 3.06. The number of likely N-dealkylation sites (N-methyl/N-ethyl adjacent to an activating group) is 1. The van der Waals surface area contributed by atoms with Crippen LogP contribution in [0.4, 0.5) is 0 Å². The number of ether oxygens (including phenoxy) is 1. The van der Waals surface area contributed by atoms with Gasteiger partial charge in [0.05, 0.1) is 9.38 Å². The summed E-state index contributed by atoms with van der Waals surface area (Å²) in [6.45, 7) is 5.40. The summed E-state index contributed by atoms with van der Waals surface area (Å²) < 4.78 is 6.21. The molecule has 1 saturated heterocycles. The van der Waals surface area contributed by atoms with E-state index in [1.165, 1.54) is 11.8 Å². The summed E-state index contributed by atoms with van der Waals surface area (Å²) in [5.74, 6) is 3.10. The van der Waals surface area contributed by atoms with Gasteiger partial charge in [0.25, 0.3) is 5.91 Å². The summed E-state index contributed by atoms with van der Waals surface area (Å²) in [6.07, 6.45) is 7.05. The van der Waals surface area contributed by atoms with Crippen LogP contribution in [0.3, 0.4) is 0 Å². The van der Waals surface area contributed by atoms with Crippen molar-refractivity contribution in [2.24, 2.45) is 4.99 Å². The molecule has 2 rings (SSSR count). The largest absolute Gasteiger partial charge is 0.480 e. The number of aliphatic imine (C=N–C) groups is 1. The van der Waals surface area contributed by atoms with Gasteiger partial charge >= 0.3 is 0 Å². The molecule has 0 atom stereocenters. The van der Waals surface area contributed by atoms with E-state index in [1.54, 1.807) is 4.90 Å². The molecule has 23 heavy (non-hydrogen) atoms. The van der Waals surface area contributed by atoms with Gasteiger partial charge in [-0.15, -0.1) is 6.42 Å². The maximum atomic E-state index is 12.4. The number of halogens is 1. The fourth-order valence-electron chi connectivity index (χ4n) is 2.03. The van der Waals surface area contributed by atoms with Gasteiger partial charge < -0.3 is 4.74 Å². The molecule has 1 amide bonds. The monoisotopic (exact) mass is 392 g/mol. The van der Waals surface area contributed by atoms with Crippen LogP contribution in [-0.4, -0.2) is 35.7 Å². The highest BCUT2D eigenvalue weighted by molar-refractivity contribution is 9.10. The molecule has 1 aliphatic rings. The van der Waals surface area contributed by atoms with Crippen LogP contribution in [-0.2, 0) is 4.79 Å². The summed E-state index contributed by atoms with van der Waals surface area (Å²) in [5.41, 5.74) is 0.912. The van der Waals surface area contributed by atoms with Gasteiger partial charge in [-0.1, -0.05) is 12.0 Å². The van der Waals surface area contributed by atoms with Gasteiger partial charge in [-0.3, -0.25) is 14.7 Å². The number of rotatable bonds is 5.